The molecule has 0 amide bonds. The number of ketones is 3. The lowest BCUT2D eigenvalue weighted by atomic mass is 9.46. The van der Waals surface area contributed by atoms with Crippen molar-refractivity contribution in [3.05, 3.63) is 11.6 Å². The first-order chi connectivity index (χ1) is 14.1. The van der Waals surface area contributed by atoms with Crippen molar-refractivity contribution in [3.63, 3.8) is 0 Å². The van der Waals surface area contributed by atoms with Crippen LogP contribution in [0.25, 0.3) is 0 Å². The van der Waals surface area contributed by atoms with Crippen LogP contribution in [-0.2, 0) is 14.4 Å². The first-order valence-electron chi connectivity index (χ1n) is 11.9. The summed E-state index contributed by atoms with van der Waals surface area (Å²) in [5, 5.41) is 11.7. The van der Waals surface area contributed by atoms with Crippen LogP contribution in [-0.4, -0.2) is 52.6 Å². The Morgan fingerprint density at radius 1 is 1.13 bits per heavy atom. The second-order valence-electron chi connectivity index (χ2n) is 10.7. The molecule has 5 nitrogen and oxygen atoms in total. The number of hydrogen-bond acceptors (Lipinski definition) is 5. The standard InChI is InChI=1S/C25H37NO4/c1-5-26(6-2)15-21(29)25(30)12-10-19-18-8-7-16-13-17(27)9-11-23(16,3)22(18)20(28)14-24(19,25)4/h13,18-19,22,30H,5-12,14-15H2,1-4H3/t18-,19-,22+,23-,24-,25-/m0/s1. The summed E-state index contributed by atoms with van der Waals surface area (Å²) in [4.78, 5) is 41.0. The van der Waals surface area contributed by atoms with E-state index in [2.05, 4.69) is 6.92 Å². The van der Waals surface area contributed by atoms with Gasteiger partial charge in [-0.25, -0.2) is 0 Å². The second-order valence-corrected chi connectivity index (χ2v) is 10.7. The maximum absolute atomic E-state index is 13.6. The largest absolute Gasteiger partial charge is 0.381 e. The van der Waals surface area contributed by atoms with Gasteiger partial charge >= 0.3 is 0 Å². The van der Waals surface area contributed by atoms with Crippen LogP contribution in [0.2, 0.25) is 0 Å². The van der Waals surface area contributed by atoms with E-state index in [1.165, 1.54) is 0 Å². The summed E-state index contributed by atoms with van der Waals surface area (Å²) in [5.41, 5.74) is -1.18. The molecule has 3 saturated carbocycles. The zero-order valence-electron chi connectivity index (χ0n) is 19.0. The molecule has 0 aromatic carbocycles. The minimum atomic E-state index is -1.42. The Bertz CT molecular complexity index is 799. The molecule has 5 heteroatoms. The quantitative estimate of drug-likeness (QED) is 0.745. The van der Waals surface area contributed by atoms with E-state index in [1.807, 2.05) is 25.7 Å². The molecule has 0 heterocycles. The first-order valence-corrected chi connectivity index (χ1v) is 11.9. The van der Waals surface area contributed by atoms with Gasteiger partial charge in [-0.3, -0.25) is 19.3 Å². The summed E-state index contributed by atoms with van der Waals surface area (Å²) in [6.07, 6.45) is 6.35. The smallest absolute Gasteiger partial charge is 0.178 e. The van der Waals surface area contributed by atoms with Gasteiger partial charge in [-0.05, 0) is 68.5 Å². The molecule has 30 heavy (non-hydrogen) atoms. The fraction of sp³-hybridized carbons (Fsp3) is 0.800. The minimum Gasteiger partial charge on any atom is -0.381 e. The fourth-order valence-electron chi connectivity index (χ4n) is 7.63. The number of allylic oxidation sites excluding steroid dienone is 1. The number of fused-ring (bicyclic) bond motifs is 5. The molecule has 0 aromatic heterocycles. The third-order valence-corrected chi connectivity index (χ3v) is 9.53. The molecule has 166 valence electrons. The number of carbonyl (C=O) groups excluding carboxylic acids is 3. The lowest BCUT2D eigenvalue weighted by molar-refractivity contribution is -0.169. The molecule has 4 rings (SSSR count). The number of aliphatic hydroxyl groups is 1. The predicted molar refractivity (Wildman–Crippen MR) is 115 cm³/mol. The number of carbonyl (C=O) groups is 3. The Balaban J connectivity index is 1.66. The van der Waals surface area contributed by atoms with Crippen molar-refractivity contribution < 1.29 is 19.5 Å². The minimum absolute atomic E-state index is 0.0797. The highest BCUT2D eigenvalue weighted by molar-refractivity contribution is 5.94. The Morgan fingerprint density at radius 3 is 2.50 bits per heavy atom. The molecule has 0 radical (unpaired) electrons. The number of Topliss-reactive ketones (excluding diaryl/α,β-unsaturated/α-hetero) is 2. The van der Waals surface area contributed by atoms with Gasteiger partial charge in [0.2, 0.25) is 0 Å². The Labute approximate surface area is 180 Å². The van der Waals surface area contributed by atoms with Crippen LogP contribution in [0.15, 0.2) is 11.6 Å². The summed E-state index contributed by atoms with van der Waals surface area (Å²) in [7, 11) is 0. The van der Waals surface area contributed by atoms with E-state index in [-0.39, 0.29) is 53.5 Å². The van der Waals surface area contributed by atoms with Gasteiger partial charge < -0.3 is 5.11 Å². The third-order valence-electron chi connectivity index (χ3n) is 9.53. The van der Waals surface area contributed by atoms with Gasteiger partial charge in [0.25, 0.3) is 0 Å². The molecule has 6 atom stereocenters. The SMILES string of the molecule is CCN(CC)CC(=O)[C@@]1(O)CC[C@H]2[C@@H]3CCC4=CC(=O)CC[C@]4(C)[C@H]3C(=O)C[C@@]21C. The van der Waals surface area contributed by atoms with Gasteiger partial charge in [0.05, 0.1) is 6.54 Å². The van der Waals surface area contributed by atoms with E-state index >= 15 is 0 Å². The Morgan fingerprint density at radius 2 is 1.83 bits per heavy atom. The number of nitrogens with zero attached hydrogens (tertiary/aromatic N) is 1. The molecule has 3 fully saturated rings. The fourth-order valence-corrected chi connectivity index (χ4v) is 7.63. The summed E-state index contributed by atoms with van der Waals surface area (Å²) in [6.45, 7) is 10.0. The number of likely N-dealkylation sites (N-methyl/N-ethyl adjacent to an activating group) is 1. The van der Waals surface area contributed by atoms with Crippen LogP contribution in [0.5, 0.6) is 0 Å². The van der Waals surface area contributed by atoms with Crippen molar-refractivity contribution >= 4 is 17.3 Å². The normalized spacial score (nSPS) is 43.1. The molecule has 0 bridgehead atoms. The summed E-state index contributed by atoms with van der Waals surface area (Å²) >= 11 is 0. The Kier molecular flexibility index (Phi) is 5.38. The van der Waals surface area contributed by atoms with Gasteiger partial charge in [0, 0.05) is 24.2 Å². The molecule has 0 aliphatic heterocycles. The average molecular weight is 416 g/mol. The number of rotatable bonds is 5. The molecule has 0 aromatic rings. The van der Waals surface area contributed by atoms with Crippen molar-refractivity contribution in [1.29, 1.82) is 0 Å². The highest BCUT2D eigenvalue weighted by Crippen LogP contribution is 2.66. The summed E-state index contributed by atoms with van der Waals surface area (Å²) < 4.78 is 0. The molecule has 4 aliphatic rings. The average Bonchev–Trinajstić information content (AvgIpc) is 2.97. The highest BCUT2D eigenvalue weighted by Gasteiger charge is 2.68. The molecule has 0 saturated heterocycles. The van der Waals surface area contributed by atoms with Gasteiger partial charge in [0.15, 0.2) is 11.6 Å². The summed E-state index contributed by atoms with van der Waals surface area (Å²) in [5.74, 6) is 0.560. The van der Waals surface area contributed by atoms with Gasteiger partial charge in [-0.2, -0.15) is 0 Å². The van der Waals surface area contributed by atoms with E-state index in [0.29, 0.717) is 12.8 Å². The molecule has 4 aliphatic carbocycles. The van der Waals surface area contributed by atoms with Gasteiger partial charge in [-0.1, -0.05) is 33.3 Å². The van der Waals surface area contributed by atoms with Crippen LogP contribution in [0, 0.1) is 28.6 Å². The zero-order chi connectivity index (χ0) is 21.9. The number of hydrogen-bond donors (Lipinski definition) is 1. The van der Waals surface area contributed by atoms with Gasteiger partial charge in [-0.15, -0.1) is 0 Å². The van der Waals surface area contributed by atoms with E-state index in [1.54, 1.807) is 6.08 Å². The maximum atomic E-state index is 13.6. The van der Waals surface area contributed by atoms with Crippen molar-refractivity contribution in [1.82, 2.24) is 4.90 Å². The lowest BCUT2D eigenvalue weighted by Gasteiger charge is -2.57. The van der Waals surface area contributed by atoms with Crippen molar-refractivity contribution in [2.45, 2.75) is 78.2 Å². The van der Waals surface area contributed by atoms with Crippen LogP contribution < -0.4 is 0 Å². The highest BCUT2D eigenvalue weighted by atomic mass is 16.3. The predicted octanol–water partition coefficient (Wildman–Crippen LogP) is 3.34. The van der Waals surface area contributed by atoms with Gasteiger partial charge in [0.1, 0.15) is 11.4 Å². The van der Waals surface area contributed by atoms with E-state index < -0.39 is 11.0 Å². The van der Waals surface area contributed by atoms with E-state index in [4.69, 9.17) is 0 Å². The molecular formula is C25H37NO4. The van der Waals surface area contributed by atoms with Crippen molar-refractivity contribution in [3.8, 4) is 0 Å². The second kappa shape index (κ2) is 7.37. The van der Waals surface area contributed by atoms with E-state index in [9.17, 15) is 19.5 Å². The van der Waals surface area contributed by atoms with Crippen molar-refractivity contribution in [2.24, 2.45) is 28.6 Å². The molecule has 1 N–H and O–H groups in total. The van der Waals surface area contributed by atoms with Crippen LogP contribution >= 0.6 is 0 Å². The Hall–Kier alpha value is -1.33. The monoisotopic (exact) mass is 415 g/mol. The third kappa shape index (κ3) is 2.91. The molecular weight excluding hydrogens is 378 g/mol. The van der Waals surface area contributed by atoms with Crippen LogP contribution in [0.1, 0.15) is 72.6 Å². The topological polar surface area (TPSA) is 74.7 Å². The first kappa shape index (κ1) is 21.9. The van der Waals surface area contributed by atoms with Crippen LogP contribution in [0.4, 0.5) is 0 Å². The lowest BCUT2D eigenvalue weighted by Crippen LogP contribution is -2.61. The van der Waals surface area contributed by atoms with Crippen molar-refractivity contribution in [2.75, 3.05) is 19.6 Å². The summed E-state index contributed by atoms with van der Waals surface area (Å²) in [6, 6.07) is 0. The molecule has 0 spiro atoms. The maximum Gasteiger partial charge on any atom is 0.178 e. The molecule has 0 unspecified atom stereocenters. The van der Waals surface area contributed by atoms with E-state index in [0.717, 1.165) is 44.3 Å². The zero-order valence-corrected chi connectivity index (χ0v) is 19.0. The van der Waals surface area contributed by atoms with Crippen LogP contribution in [0.3, 0.4) is 0 Å².